The van der Waals surface area contributed by atoms with E-state index in [1.165, 1.54) is 0 Å². The molecule has 116 valence electrons. The van der Waals surface area contributed by atoms with Crippen molar-refractivity contribution in [2.24, 2.45) is 7.05 Å². The molecule has 6 heteroatoms. The van der Waals surface area contributed by atoms with Crippen molar-refractivity contribution in [3.05, 3.63) is 60.1 Å². The molecule has 3 aromatic heterocycles. The second kappa shape index (κ2) is 5.40. The van der Waals surface area contributed by atoms with E-state index in [2.05, 4.69) is 5.10 Å². The van der Waals surface area contributed by atoms with Crippen LogP contribution in [0.2, 0.25) is 0 Å². The van der Waals surface area contributed by atoms with E-state index in [9.17, 15) is 5.11 Å². The summed E-state index contributed by atoms with van der Waals surface area (Å²) in [6.07, 6.45) is 3.82. The molecule has 0 unspecified atom stereocenters. The zero-order chi connectivity index (χ0) is 15.8. The van der Waals surface area contributed by atoms with Crippen LogP contribution in [0, 0.1) is 0 Å². The van der Waals surface area contributed by atoms with Crippen molar-refractivity contribution >= 4 is 10.9 Å². The van der Waals surface area contributed by atoms with E-state index in [4.69, 9.17) is 9.52 Å². The van der Waals surface area contributed by atoms with Gasteiger partial charge in [-0.2, -0.15) is 10.2 Å². The first-order chi connectivity index (χ1) is 11.2. The van der Waals surface area contributed by atoms with Gasteiger partial charge in [0, 0.05) is 24.2 Å². The van der Waals surface area contributed by atoms with E-state index in [1.807, 2.05) is 54.5 Å². The van der Waals surface area contributed by atoms with Crippen LogP contribution in [0.4, 0.5) is 0 Å². The third-order valence-electron chi connectivity index (χ3n) is 3.80. The molecule has 23 heavy (non-hydrogen) atoms. The third-order valence-corrected chi connectivity index (χ3v) is 3.80. The standard InChI is InChI=1S/C17H16N4O2/c1-20-9-12(8-18-20)10-21-15-5-3-2-4-14(15)17(19-21)16-7-6-13(11-22)23-16/h2-9,22H,10-11H2,1H3. The molecule has 0 radical (unpaired) electrons. The number of nitrogens with zero attached hydrogens (tertiary/aromatic N) is 4. The first kappa shape index (κ1) is 13.8. The number of furan rings is 1. The Balaban J connectivity index is 1.82. The van der Waals surface area contributed by atoms with Gasteiger partial charge in [-0.25, -0.2) is 0 Å². The van der Waals surface area contributed by atoms with Gasteiger partial charge < -0.3 is 9.52 Å². The molecule has 0 amide bonds. The molecule has 0 aliphatic heterocycles. The molecule has 0 aliphatic carbocycles. The number of hydrogen-bond acceptors (Lipinski definition) is 4. The second-order valence-electron chi connectivity index (χ2n) is 5.47. The van der Waals surface area contributed by atoms with Crippen LogP contribution in [0.1, 0.15) is 11.3 Å². The number of para-hydroxylation sites is 1. The van der Waals surface area contributed by atoms with Gasteiger partial charge in [0.25, 0.3) is 0 Å². The average molecular weight is 308 g/mol. The fraction of sp³-hybridized carbons (Fsp3) is 0.176. The topological polar surface area (TPSA) is 69.0 Å². The SMILES string of the molecule is Cn1cc(Cn2nc(-c3ccc(CO)o3)c3ccccc32)cn1. The zero-order valence-electron chi connectivity index (χ0n) is 12.7. The van der Waals surface area contributed by atoms with Gasteiger partial charge in [-0.1, -0.05) is 18.2 Å². The smallest absolute Gasteiger partial charge is 0.155 e. The van der Waals surface area contributed by atoms with Crippen molar-refractivity contribution in [3.8, 4) is 11.5 Å². The van der Waals surface area contributed by atoms with Crippen LogP contribution in [0.3, 0.4) is 0 Å². The van der Waals surface area contributed by atoms with Gasteiger partial charge >= 0.3 is 0 Å². The first-order valence-corrected chi connectivity index (χ1v) is 7.37. The molecule has 0 aliphatic rings. The summed E-state index contributed by atoms with van der Waals surface area (Å²) < 4.78 is 9.38. The van der Waals surface area contributed by atoms with Crippen LogP contribution in [0.25, 0.3) is 22.4 Å². The van der Waals surface area contributed by atoms with Crippen LogP contribution < -0.4 is 0 Å². The number of hydrogen-bond donors (Lipinski definition) is 1. The van der Waals surface area contributed by atoms with E-state index in [0.717, 1.165) is 22.2 Å². The van der Waals surface area contributed by atoms with Crippen molar-refractivity contribution in [3.63, 3.8) is 0 Å². The fourth-order valence-electron chi connectivity index (χ4n) is 2.75. The fourth-order valence-corrected chi connectivity index (χ4v) is 2.75. The summed E-state index contributed by atoms with van der Waals surface area (Å²) in [4.78, 5) is 0. The predicted molar refractivity (Wildman–Crippen MR) is 85.7 cm³/mol. The number of aryl methyl sites for hydroxylation is 1. The summed E-state index contributed by atoms with van der Waals surface area (Å²) in [5.74, 6) is 1.20. The molecule has 0 spiro atoms. The van der Waals surface area contributed by atoms with Crippen LogP contribution in [-0.2, 0) is 20.2 Å². The van der Waals surface area contributed by atoms with E-state index < -0.39 is 0 Å². The number of fused-ring (bicyclic) bond motifs is 1. The summed E-state index contributed by atoms with van der Waals surface area (Å²) in [5.41, 5.74) is 2.90. The molecular weight excluding hydrogens is 292 g/mol. The Bertz CT molecular complexity index is 964. The van der Waals surface area contributed by atoms with Crippen molar-refractivity contribution in [2.75, 3.05) is 0 Å². The highest BCUT2D eigenvalue weighted by Gasteiger charge is 2.15. The molecule has 6 nitrogen and oxygen atoms in total. The molecule has 0 saturated carbocycles. The van der Waals surface area contributed by atoms with Crippen LogP contribution >= 0.6 is 0 Å². The Morgan fingerprint density at radius 3 is 2.78 bits per heavy atom. The zero-order valence-corrected chi connectivity index (χ0v) is 12.7. The molecule has 0 saturated heterocycles. The van der Waals surface area contributed by atoms with Gasteiger partial charge in [0.15, 0.2) is 5.76 Å². The summed E-state index contributed by atoms with van der Waals surface area (Å²) >= 11 is 0. The Morgan fingerprint density at radius 2 is 2.04 bits per heavy atom. The van der Waals surface area contributed by atoms with Crippen LogP contribution in [-0.4, -0.2) is 24.7 Å². The van der Waals surface area contributed by atoms with E-state index in [-0.39, 0.29) is 6.61 Å². The molecule has 1 aromatic carbocycles. The lowest BCUT2D eigenvalue weighted by Crippen LogP contribution is -2.00. The van der Waals surface area contributed by atoms with Crippen LogP contribution in [0.5, 0.6) is 0 Å². The molecule has 4 aromatic rings. The lowest BCUT2D eigenvalue weighted by molar-refractivity contribution is 0.248. The quantitative estimate of drug-likeness (QED) is 0.629. The van der Waals surface area contributed by atoms with Gasteiger partial charge in [0.2, 0.25) is 0 Å². The number of aliphatic hydroxyl groups excluding tert-OH is 1. The predicted octanol–water partition coefficient (Wildman–Crippen LogP) is 2.57. The minimum atomic E-state index is -0.117. The van der Waals surface area contributed by atoms with E-state index in [1.54, 1.807) is 10.7 Å². The first-order valence-electron chi connectivity index (χ1n) is 7.37. The summed E-state index contributed by atoms with van der Waals surface area (Å²) in [6, 6.07) is 11.7. The maximum Gasteiger partial charge on any atom is 0.155 e. The van der Waals surface area contributed by atoms with Gasteiger partial charge in [0.05, 0.1) is 18.3 Å². The Morgan fingerprint density at radius 1 is 1.17 bits per heavy atom. The Kier molecular flexibility index (Phi) is 3.24. The second-order valence-corrected chi connectivity index (χ2v) is 5.47. The maximum absolute atomic E-state index is 9.18. The maximum atomic E-state index is 9.18. The number of rotatable bonds is 4. The van der Waals surface area contributed by atoms with E-state index >= 15 is 0 Å². The highest BCUT2D eigenvalue weighted by atomic mass is 16.4. The highest BCUT2D eigenvalue weighted by molar-refractivity contribution is 5.92. The molecule has 4 rings (SSSR count). The molecular formula is C17H16N4O2. The third kappa shape index (κ3) is 2.43. The molecule has 3 heterocycles. The average Bonchev–Trinajstić information content (AvgIpc) is 3.27. The number of benzene rings is 1. The summed E-state index contributed by atoms with van der Waals surface area (Å²) in [7, 11) is 1.90. The monoisotopic (exact) mass is 308 g/mol. The van der Waals surface area contributed by atoms with Gasteiger partial charge in [-0.3, -0.25) is 9.36 Å². The molecule has 0 fully saturated rings. The molecule has 1 N–H and O–H groups in total. The van der Waals surface area contributed by atoms with Gasteiger partial charge in [-0.05, 0) is 18.2 Å². The van der Waals surface area contributed by atoms with Gasteiger partial charge in [-0.15, -0.1) is 0 Å². The molecule has 0 atom stereocenters. The number of aromatic nitrogens is 4. The largest absolute Gasteiger partial charge is 0.457 e. The van der Waals surface area contributed by atoms with Crippen molar-refractivity contribution in [2.45, 2.75) is 13.2 Å². The van der Waals surface area contributed by atoms with E-state index in [0.29, 0.717) is 18.1 Å². The van der Waals surface area contributed by atoms with Crippen molar-refractivity contribution in [1.82, 2.24) is 19.6 Å². The van der Waals surface area contributed by atoms with Crippen molar-refractivity contribution in [1.29, 1.82) is 0 Å². The molecule has 0 bridgehead atoms. The number of aliphatic hydroxyl groups is 1. The Hall–Kier alpha value is -2.86. The lowest BCUT2D eigenvalue weighted by Gasteiger charge is -2.00. The van der Waals surface area contributed by atoms with Crippen molar-refractivity contribution < 1.29 is 9.52 Å². The summed E-state index contributed by atoms with van der Waals surface area (Å²) in [5, 5.41) is 19.1. The minimum absolute atomic E-state index is 0.117. The lowest BCUT2D eigenvalue weighted by atomic mass is 10.2. The normalized spacial score (nSPS) is 11.4. The highest BCUT2D eigenvalue weighted by Crippen LogP contribution is 2.29. The van der Waals surface area contributed by atoms with Crippen LogP contribution in [0.15, 0.2) is 53.2 Å². The van der Waals surface area contributed by atoms with Gasteiger partial charge in [0.1, 0.15) is 18.1 Å². The Labute approximate surface area is 132 Å². The summed E-state index contributed by atoms with van der Waals surface area (Å²) in [6.45, 7) is 0.524. The minimum Gasteiger partial charge on any atom is -0.457 e.